The molecule has 0 amide bonds. The van der Waals surface area contributed by atoms with Gasteiger partial charge in [-0.1, -0.05) is 13.3 Å². The summed E-state index contributed by atoms with van der Waals surface area (Å²) in [6, 6.07) is 0. The molecular weight excluding hydrogens is 304 g/mol. The Morgan fingerprint density at radius 1 is 0.625 bits per heavy atom. The van der Waals surface area contributed by atoms with Gasteiger partial charge in [0.1, 0.15) is 13.1 Å². The second-order valence-electron chi connectivity index (χ2n) is 8.13. The van der Waals surface area contributed by atoms with E-state index in [1.54, 1.807) is 0 Å². The summed E-state index contributed by atoms with van der Waals surface area (Å²) in [6.45, 7) is 9.89. The lowest BCUT2D eigenvalue weighted by Gasteiger charge is -2.30. The minimum absolute atomic E-state index is 0.294. The Hall–Kier alpha value is -0.200. The molecule has 0 radical (unpaired) electrons. The highest BCUT2D eigenvalue weighted by molar-refractivity contribution is 4.41. The normalized spacial score (nSPS) is 12.8. The van der Waals surface area contributed by atoms with Crippen LogP contribution in [0.15, 0.2) is 0 Å². The fraction of sp³-hybridized carbons (Fsp3) is 1.00. The first-order valence-corrected chi connectivity index (χ1v) is 9.73. The second kappa shape index (κ2) is 14.0. The lowest BCUT2D eigenvalue weighted by Crippen LogP contribution is -2.43. The van der Waals surface area contributed by atoms with E-state index in [0.29, 0.717) is 19.8 Å². The van der Waals surface area contributed by atoms with Gasteiger partial charge in [0, 0.05) is 6.61 Å². The number of ether oxygens (including phenoxy) is 2. The summed E-state index contributed by atoms with van der Waals surface area (Å²) in [5.74, 6) is 0. The maximum Gasteiger partial charge on any atom is 0.102 e. The molecule has 0 aromatic heterocycles. The number of aliphatic hydroxyl groups is 1. The minimum Gasteiger partial charge on any atom is -0.396 e. The number of likely N-dealkylation sites (N-methyl/N-ethyl adjacent to an activating group) is 2. The van der Waals surface area contributed by atoms with Crippen LogP contribution in [0.5, 0.6) is 0 Å². The smallest absolute Gasteiger partial charge is 0.102 e. The summed E-state index contributed by atoms with van der Waals surface area (Å²) in [4.78, 5) is 0. The molecule has 0 saturated heterocycles. The van der Waals surface area contributed by atoms with Gasteiger partial charge >= 0.3 is 0 Å². The van der Waals surface area contributed by atoms with Crippen LogP contribution in [0.4, 0.5) is 0 Å². The molecule has 0 aliphatic carbocycles. The van der Waals surface area contributed by atoms with E-state index in [1.165, 1.54) is 25.8 Å². The van der Waals surface area contributed by atoms with E-state index < -0.39 is 0 Å². The van der Waals surface area contributed by atoms with Crippen molar-refractivity contribution >= 4 is 0 Å². The highest BCUT2D eigenvalue weighted by atomic mass is 16.5. The Morgan fingerprint density at radius 3 is 1.50 bits per heavy atom. The molecule has 0 spiro atoms. The molecule has 1 N–H and O–H groups in total. The molecule has 0 rings (SSSR count). The Balaban J connectivity index is 3.50. The lowest BCUT2D eigenvalue weighted by molar-refractivity contribution is -0.891. The maximum absolute atomic E-state index is 8.84. The molecule has 0 fully saturated rings. The van der Waals surface area contributed by atoms with Crippen LogP contribution < -0.4 is 0 Å². The summed E-state index contributed by atoms with van der Waals surface area (Å²) >= 11 is 0. The molecule has 0 aromatic rings. The van der Waals surface area contributed by atoms with Crippen LogP contribution in [0.1, 0.15) is 39.0 Å². The van der Waals surface area contributed by atoms with E-state index in [4.69, 9.17) is 14.6 Å². The van der Waals surface area contributed by atoms with Crippen molar-refractivity contribution in [3.05, 3.63) is 0 Å². The average molecular weight is 349 g/mol. The monoisotopic (exact) mass is 348 g/mol. The number of hydrogen-bond acceptors (Lipinski definition) is 3. The van der Waals surface area contributed by atoms with Crippen LogP contribution in [0.3, 0.4) is 0 Å². The molecular formula is C19H44N2O3+2. The summed E-state index contributed by atoms with van der Waals surface area (Å²) < 4.78 is 13.4. The minimum atomic E-state index is 0.294. The van der Waals surface area contributed by atoms with Gasteiger partial charge < -0.3 is 23.5 Å². The number of hydrogen-bond donors (Lipinski definition) is 1. The van der Waals surface area contributed by atoms with Gasteiger partial charge in [-0.3, -0.25) is 0 Å². The van der Waals surface area contributed by atoms with Gasteiger partial charge in [0.25, 0.3) is 0 Å². The van der Waals surface area contributed by atoms with Crippen molar-refractivity contribution in [2.24, 2.45) is 0 Å². The highest BCUT2D eigenvalue weighted by Crippen LogP contribution is 2.04. The van der Waals surface area contributed by atoms with Crippen LogP contribution in [0.25, 0.3) is 0 Å². The number of quaternary nitrogens is 2. The molecule has 0 heterocycles. The van der Waals surface area contributed by atoms with Crippen molar-refractivity contribution in [2.45, 2.75) is 39.0 Å². The Labute approximate surface area is 150 Å². The van der Waals surface area contributed by atoms with Crippen LogP contribution >= 0.6 is 0 Å². The quantitative estimate of drug-likeness (QED) is 0.323. The topological polar surface area (TPSA) is 38.7 Å². The van der Waals surface area contributed by atoms with Gasteiger partial charge in [0.05, 0.1) is 67.7 Å². The Bertz CT molecular complexity index is 256. The van der Waals surface area contributed by atoms with E-state index in [1.807, 2.05) is 0 Å². The van der Waals surface area contributed by atoms with E-state index >= 15 is 0 Å². The van der Waals surface area contributed by atoms with Gasteiger partial charge in [0.15, 0.2) is 0 Å². The SMILES string of the molecule is CCCCC[N+](C)(C)CCOCCOCC[N+](C)(C)CCCCO. The van der Waals surface area contributed by atoms with Crippen LogP contribution in [0, 0.1) is 0 Å². The number of aliphatic hydroxyl groups excluding tert-OH is 1. The number of nitrogens with zero attached hydrogens (tertiary/aromatic N) is 2. The van der Waals surface area contributed by atoms with Gasteiger partial charge in [-0.2, -0.15) is 0 Å². The van der Waals surface area contributed by atoms with E-state index in [9.17, 15) is 0 Å². The van der Waals surface area contributed by atoms with Gasteiger partial charge in [0.2, 0.25) is 0 Å². The second-order valence-corrected chi connectivity index (χ2v) is 8.13. The summed E-state index contributed by atoms with van der Waals surface area (Å²) in [6.07, 6.45) is 5.87. The van der Waals surface area contributed by atoms with E-state index in [0.717, 1.165) is 54.7 Å². The van der Waals surface area contributed by atoms with Crippen molar-refractivity contribution in [3.63, 3.8) is 0 Å². The van der Waals surface area contributed by atoms with Crippen molar-refractivity contribution in [1.29, 1.82) is 0 Å². The van der Waals surface area contributed by atoms with Gasteiger partial charge in [-0.25, -0.2) is 0 Å². The van der Waals surface area contributed by atoms with Crippen molar-refractivity contribution in [2.75, 3.05) is 87.4 Å². The maximum atomic E-state index is 8.84. The first-order valence-electron chi connectivity index (χ1n) is 9.73. The van der Waals surface area contributed by atoms with Crippen LogP contribution in [0.2, 0.25) is 0 Å². The third-order valence-electron chi connectivity index (χ3n) is 4.59. The molecule has 0 aliphatic rings. The predicted molar refractivity (Wildman–Crippen MR) is 101 cm³/mol. The largest absolute Gasteiger partial charge is 0.396 e. The Morgan fingerprint density at radius 2 is 1.08 bits per heavy atom. The molecule has 146 valence electrons. The van der Waals surface area contributed by atoms with Crippen LogP contribution in [-0.4, -0.2) is 101 Å². The molecule has 5 heteroatoms. The zero-order valence-corrected chi connectivity index (χ0v) is 17.1. The zero-order chi connectivity index (χ0) is 18.3. The van der Waals surface area contributed by atoms with E-state index in [-0.39, 0.29) is 0 Å². The third kappa shape index (κ3) is 15.3. The highest BCUT2D eigenvalue weighted by Gasteiger charge is 2.15. The molecule has 0 saturated carbocycles. The lowest BCUT2D eigenvalue weighted by atomic mass is 10.2. The Kier molecular flexibility index (Phi) is 13.9. The van der Waals surface area contributed by atoms with Crippen molar-refractivity contribution < 1.29 is 23.5 Å². The van der Waals surface area contributed by atoms with Crippen molar-refractivity contribution in [3.8, 4) is 0 Å². The fourth-order valence-electron chi connectivity index (χ4n) is 2.61. The number of rotatable bonds is 17. The predicted octanol–water partition coefficient (Wildman–Crippen LogP) is 2.14. The van der Waals surface area contributed by atoms with Gasteiger partial charge in [-0.05, 0) is 25.7 Å². The van der Waals surface area contributed by atoms with Crippen LogP contribution in [-0.2, 0) is 9.47 Å². The standard InChI is InChI=1S/C19H44N2O3/c1-6-7-8-11-20(2,3)13-16-23-18-19-24-17-14-21(4,5)12-9-10-15-22/h22H,6-19H2,1-5H3/q+2. The summed E-state index contributed by atoms with van der Waals surface area (Å²) in [5.41, 5.74) is 0. The fourth-order valence-corrected chi connectivity index (χ4v) is 2.61. The van der Waals surface area contributed by atoms with Gasteiger partial charge in [-0.15, -0.1) is 0 Å². The number of unbranched alkanes of at least 4 members (excludes halogenated alkanes) is 3. The third-order valence-corrected chi connectivity index (χ3v) is 4.59. The molecule has 0 unspecified atom stereocenters. The van der Waals surface area contributed by atoms with Crippen molar-refractivity contribution in [1.82, 2.24) is 0 Å². The molecule has 0 atom stereocenters. The molecule has 5 nitrogen and oxygen atoms in total. The molecule has 24 heavy (non-hydrogen) atoms. The first kappa shape index (κ1) is 23.8. The molecule has 0 aliphatic heterocycles. The zero-order valence-electron chi connectivity index (χ0n) is 17.1. The first-order chi connectivity index (χ1) is 11.3. The summed E-state index contributed by atoms with van der Waals surface area (Å²) in [7, 11) is 9.00. The average Bonchev–Trinajstić information content (AvgIpc) is 2.50. The summed E-state index contributed by atoms with van der Waals surface area (Å²) in [5, 5.41) is 8.84. The van der Waals surface area contributed by atoms with E-state index in [2.05, 4.69) is 35.1 Å². The molecule has 0 bridgehead atoms. The molecule has 0 aromatic carbocycles.